The molecule has 156 valence electrons. The number of carbonyl (C=O) groups is 1. The molecule has 1 unspecified atom stereocenters. The van der Waals surface area contributed by atoms with Crippen LogP contribution >= 0.6 is 11.8 Å². The fraction of sp³-hybridized carbons (Fsp3) is 0.231. The first-order valence-electron chi connectivity index (χ1n) is 10.6. The van der Waals surface area contributed by atoms with Gasteiger partial charge < -0.3 is 4.57 Å². The smallest absolute Gasteiger partial charge is 0.152 e. The van der Waals surface area contributed by atoms with Crippen LogP contribution in [0.2, 0.25) is 0 Å². The number of pyridine rings is 1. The first-order valence-corrected chi connectivity index (χ1v) is 11.4. The van der Waals surface area contributed by atoms with Crippen LogP contribution < -0.4 is 0 Å². The Morgan fingerprint density at radius 2 is 1.94 bits per heavy atom. The van der Waals surface area contributed by atoms with Crippen molar-refractivity contribution in [2.45, 2.75) is 48.6 Å². The topological polar surface area (TPSA) is 34.9 Å². The molecule has 0 saturated heterocycles. The number of nitrogens with zero attached hydrogens (tertiary/aromatic N) is 2. The standard InChI is InChI=1S/C26H23FN2OS/c1-17(30)23-9-4-10-25-22(21-7-2-3-8-24(21)29(23)25)16-18-6-5-15-28-26(18)31-20-13-11-19(27)12-14-20/h2-3,5-8,11-15,23H,4,9-10,16H2,1H3. The molecule has 0 radical (unpaired) electrons. The molecule has 3 nitrogen and oxygen atoms in total. The summed E-state index contributed by atoms with van der Waals surface area (Å²) in [5.41, 5.74) is 4.84. The number of carbonyl (C=O) groups excluding carboxylic acids is 1. The van der Waals surface area contributed by atoms with E-state index in [4.69, 9.17) is 0 Å². The number of aromatic nitrogens is 2. The van der Waals surface area contributed by atoms with Gasteiger partial charge in [0.2, 0.25) is 0 Å². The Morgan fingerprint density at radius 1 is 1.13 bits per heavy atom. The molecule has 3 heterocycles. The molecule has 1 atom stereocenters. The Morgan fingerprint density at radius 3 is 2.74 bits per heavy atom. The van der Waals surface area contributed by atoms with Gasteiger partial charge in [-0.3, -0.25) is 4.79 Å². The number of hydrogen-bond donors (Lipinski definition) is 0. The van der Waals surface area contributed by atoms with E-state index in [1.165, 1.54) is 28.8 Å². The molecule has 5 heteroatoms. The van der Waals surface area contributed by atoms with Crippen molar-refractivity contribution in [1.29, 1.82) is 0 Å². The van der Waals surface area contributed by atoms with Gasteiger partial charge in [0.15, 0.2) is 5.78 Å². The third-order valence-electron chi connectivity index (χ3n) is 6.05. The number of rotatable bonds is 5. The minimum absolute atomic E-state index is 0.0793. The van der Waals surface area contributed by atoms with E-state index >= 15 is 0 Å². The number of fused-ring (bicyclic) bond motifs is 3. The second kappa shape index (κ2) is 8.31. The van der Waals surface area contributed by atoms with Crippen LogP contribution in [0.1, 0.15) is 42.6 Å². The molecule has 0 spiro atoms. The van der Waals surface area contributed by atoms with E-state index in [2.05, 4.69) is 33.8 Å². The van der Waals surface area contributed by atoms with Crippen molar-refractivity contribution in [2.24, 2.45) is 0 Å². The largest absolute Gasteiger partial charge is 0.334 e. The predicted octanol–water partition coefficient (Wildman–Crippen LogP) is 6.38. The fourth-order valence-corrected chi connectivity index (χ4v) is 5.52. The SMILES string of the molecule is CC(=O)C1CCCc2c(Cc3cccnc3Sc3ccc(F)cc3)c3ccccc3n21. The molecule has 2 aromatic heterocycles. The van der Waals surface area contributed by atoms with Crippen molar-refractivity contribution in [3.63, 3.8) is 0 Å². The van der Waals surface area contributed by atoms with Gasteiger partial charge in [0, 0.05) is 34.1 Å². The van der Waals surface area contributed by atoms with Crippen LogP contribution in [0, 0.1) is 5.82 Å². The highest BCUT2D eigenvalue weighted by Crippen LogP contribution is 2.38. The lowest BCUT2D eigenvalue weighted by atomic mass is 9.96. The molecule has 0 bridgehead atoms. The zero-order valence-electron chi connectivity index (χ0n) is 17.3. The highest BCUT2D eigenvalue weighted by Gasteiger charge is 2.28. The average molecular weight is 431 g/mol. The van der Waals surface area contributed by atoms with Crippen LogP contribution in [0.4, 0.5) is 4.39 Å². The van der Waals surface area contributed by atoms with Crippen LogP contribution in [-0.2, 0) is 17.6 Å². The summed E-state index contributed by atoms with van der Waals surface area (Å²) in [5.74, 6) is -0.0142. The monoisotopic (exact) mass is 430 g/mol. The van der Waals surface area contributed by atoms with E-state index in [1.807, 2.05) is 12.1 Å². The summed E-state index contributed by atoms with van der Waals surface area (Å²) >= 11 is 1.55. The van der Waals surface area contributed by atoms with Gasteiger partial charge in [0.1, 0.15) is 10.8 Å². The summed E-state index contributed by atoms with van der Waals surface area (Å²) in [6.07, 6.45) is 5.46. The van der Waals surface area contributed by atoms with Gasteiger partial charge in [-0.1, -0.05) is 36.0 Å². The van der Waals surface area contributed by atoms with Gasteiger partial charge in [0.25, 0.3) is 0 Å². The van der Waals surface area contributed by atoms with Crippen LogP contribution in [-0.4, -0.2) is 15.3 Å². The highest BCUT2D eigenvalue weighted by molar-refractivity contribution is 7.99. The third kappa shape index (κ3) is 3.79. The Bertz CT molecular complexity index is 1260. The molecule has 1 aliphatic rings. The van der Waals surface area contributed by atoms with E-state index in [1.54, 1.807) is 37.0 Å². The van der Waals surface area contributed by atoms with E-state index in [0.717, 1.165) is 46.7 Å². The molecule has 2 aromatic carbocycles. The van der Waals surface area contributed by atoms with Crippen molar-refractivity contribution >= 4 is 28.4 Å². The second-order valence-electron chi connectivity index (χ2n) is 8.03. The highest BCUT2D eigenvalue weighted by atomic mass is 32.2. The van der Waals surface area contributed by atoms with E-state index in [9.17, 15) is 9.18 Å². The number of Topliss-reactive ketones (excluding diaryl/α,β-unsaturated/α-hetero) is 1. The first-order chi connectivity index (χ1) is 15.1. The number of halogens is 1. The van der Waals surface area contributed by atoms with Gasteiger partial charge in [-0.2, -0.15) is 0 Å². The molecule has 5 rings (SSSR count). The lowest BCUT2D eigenvalue weighted by Crippen LogP contribution is -2.23. The van der Waals surface area contributed by atoms with E-state index in [-0.39, 0.29) is 17.6 Å². The molecule has 0 saturated carbocycles. The van der Waals surface area contributed by atoms with Gasteiger partial charge in [-0.25, -0.2) is 9.37 Å². The minimum atomic E-state index is -0.238. The Kier molecular flexibility index (Phi) is 5.36. The summed E-state index contributed by atoms with van der Waals surface area (Å²) < 4.78 is 15.6. The number of hydrogen-bond acceptors (Lipinski definition) is 3. The zero-order chi connectivity index (χ0) is 21.4. The molecule has 4 aromatic rings. The molecular formula is C26H23FN2OS. The van der Waals surface area contributed by atoms with Crippen molar-refractivity contribution in [2.75, 3.05) is 0 Å². The van der Waals surface area contributed by atoms with Gasteiger partial charge >= 0.3 is 0 Å². The fourth-order valence-electron chi connectivity index (χ4n) is 4.64. The number of benzene rings is 2. The van der Waals surface area contributed by atoms with Crippen LogP contribution in [0.25, 0.3) is 10.9 Å². The van der Waals surface area contributed by atoms with Crippen LogP contribution in [0.3, 0.4) is 0 Å². The summed E-state index contributed by atoms with van der Waals surface area (Å²) in [6.45, 7) is 1.70. The Labute approximate surface area is 185 Å². The van der Waals surface area contributed by atoms with Gasteiger partial charge in [-0.05, 0) is 73.7 Å². The maximum absolute atomic E-state index is 13.3. The Balaban J connectivity index is 1.58. The second-order valence-corrected chi connectivity index (χ2v) is 9.09. The molecular weight excluding hydrogens is 407 g/mol. The van der Waals surface area contributed by atoms with Crippen molar-refractivity contribution in [3.05, 3.63) is 89.5 Å². The quantitative estimate of drug-likeness (QED) is 0.368. The van der Waals surface area contributed by atoms with Crippen LogP contribution in [0.5, 0.6) is 0 Å². The summed E-state index contributed by atoms with van der Waals surface area (Å²) in [7, 11) is 0. The van der Waals surface area contributed by atoms with Crippen molar-refractivity contribution in [3.8, 4) is 0 Å². The van der Waals surface area contributed by atoms with Crippen LogP contribution in [0.15, 0.2) is 76.8 Å². The predicted molar refractivity (Wildman–Crippen MR) is 122 cm³/mol. The summed E-state index contributed by atoms with van der Waals surface area (Å²) in [6, 6.07) is 18.9. The summed E-state index contributed by atoms with van der Waals surface area (Å²) in [4.78, 5) is 18.0. The normalized spacial score (nSPS) is 15.7. The molecule has 0 amide bonds. The van der Waals surface area contributed by atoms with Crippen molar-refractivity contribution in [1.82, 2.24) is 9.55 Å². The average Bonchev–Trinajstić information content (AvgIpc) is 3.10. The first kappa shape index (κ1) is 20.0. The minimum Gasteiger partial charge on any atom is -0.334 e. The number of ketones is 1. The summed E-state index contributed by atoms with van der Waals surface area (Å²) in [5, 5.41) is 2.14. The lowest BCUT2D eigenvalue weighted by molar-refractivity contribution is -0.120. The molecule has 0 fully saturated rings. The maximum Gasteiger partial charge on any atom is 0.152 e. The van der Waals surface area contributed by atoms with E-state index in [0.29, 0.717) is 0 Å². The lowest BCUT2D eigenvalue weighted by Gasteiger charge is -2.26. The third-order valence-corrected chi connectivity index (χ3v) is 7.11. The molecule has 31 heavy (non-hydrogen) atoms. The van der Waals surface area contributed by atoms with Gasteiger partial charge in [-0.15, -0.1) is 0 Å². The van der Waals surface area contributed by atoms with Gasteiger partial charge in [0.05, 0.1) is 6.04 Å². The molecule has 0 N–H and O–H groups in total. The zero-order valence-corrected chi connectivity index (χ0v) is 18.2. The van der Waals surface area contributed by atoms with E-state index < -0.39 is 0 Å². The molecule has 1 aliphatic heterocycles. The maximum atomic E-state index is 13.3. The molecule has 0 aliphatic carbocycles. The van der Waals surface area contributed by atoms with Crippen molar-refractivity contribution < 1.29 is 9.18 Å². The Hall–Kier alpha value is -2.92. The number of para-hydroxylation sites is 1.